The quantitative estimate of drug-likeness (QED) is 0.625. The molecule has 1 aliphatic rings. The Morgan fingerprint density at radius 2 is 1.97 bits per heavy atom. The van der Waals surface area contributed by atoms with Crippen molar-refractivity contribution in [3.63, 3.8) is 0 Å². The Balaban J connectivity index is 1.43. The fourth-order valence-electron chi connectivity index (χ4n) is 3.60. The summed E-state index contributed by atoms with van der Waals surface area (Å²) in [6.45, 7) is 10.4. The molecule has 0 bridgehead atoms. The number of anilines is 3. The van der Waals surface area contributed by atoms with Gasteiger partial charge in [-0.05, 0) is 29.7 Å². The molecule has 1 N–H and O–H groups in total. The van der Waals surface area contributed by atoms with Gasteiger partial charge in [0.1, 0.15) is 5.82 Å². The Morgan fingerprint density at radius 1 is 1.14 bits per heavy atom. The summed E-state index contributed by atoms with van der Waals surface area (Å²) < 4.78 is 6.40. The van der Waals surface area contributed by atoms with Gasteiger partial charge in [-0.2, -0.15) is 0 Å². The Bertz CT molecular complexity index is 949. The number of hydrogen-bond acceptors (Lipinski definition) is 7. The molecule has 1 fully saturated rings. The SMILES string of the molecule is COCCN1CCN(c2ccnc(Nc3nc4ccc(C(C)C)cc4s3)c2)CC1. The predicted octanol–water partition coefficient (Wildman–Crippen LogP) is 4.33. The van der Waals surface area contributed by atoms with E-state index in [-0.39, 0.29) is 0 Å². The lowest BCUT2D eigenvalue weighted by Gasteiger charge is -2.36. The molecule has 0 saturated carbocycles. The summed E-state index contributed by atoms with van der Waals surface area (Å²) in [6, 6.07) is 10.7. The first-order chi connectivity index (χ1) is 14.1. The topological polar surface area (TPSA) is 53.5 Å². The van der Waals surface area contributed by atoms with Crippen LogP contribution in [0.2, 0.25) is 0 Å². The molecule has 0 radical (unpaired) electrons. The molecule has 1 aromatic carbocycles. The van der Waals surface area contributed by atoms with Gasteiger partial charge in [-0.3, -0.25) is 4.90 Å². The van der Waals surface area contributed by atoms with E-state index in [4.69, 9.17) is 9.72 Å². The number of methoxy groups -OCH3 is 1. The van der Waals surface area contributed by atoms with E-state index in [1.54, 1.807) is 18.4 Å². The Morgan fingerprint density at radius 3 is 2.72 bits per heavy atom. The maximum Gasteiger partial charge on any atom is 0.189 e. The van der Waals surface area contributed by atoms with Crippen molar-refractivity contribution >= 4 is 38.2 Å². The third-order valence-electron chi connectivity index (χ3n) is 5.41. The third-order valence-corrected chi connectivity index (χ3v) is 6.34. The fraction of sp³-hybridized carbons (Fsp3) is 0.455. The zero-order valence-corrected chi connectivity index (χ0v) is 18.2. The molecule has 0 atom stereocenters. The van der Waals surface area contributed by atoms with Crippen LogP contribution in [0.3, 0.4) is 0 Å². The van der Waals surface area contributed by atoms with Crippen LogP contribution in [0, 0.1) is 0 Å². The maximum absolute atomic E-state index is 5.19. The molecule has 3 aromatic rings. The zero-order chi connectivity index (χ0) is 20.2. The number of aromatic nitrogens is 2. The predicted molar refractivity (Wildman–Crippen MR) is 122 cm³/mol. The van der Waals surface area contributed by atoms with Crippen LogP contribution in [0.15, 0.2) is 36.5 Å². The van der Waals surface area contributed by atoms with Gasteiger partial charge < -0.3 is 15.0 Å². The van der Waals surface area contributed by atoms with Gasteiger partial charge in [-0.1, -0.05) is 31.3 Å². The summed E-state index contributed by atoms with van der Waals surface area (Å²) in [5, 5.41) is 4.29. The van der Waals surface area contributed by atoms with Gasteiger partial charge in [0.2, 0.25) is 0 Å². The number of piperazine rings is 1. The number of nitrogens with one attached hydrogen (secondary N) is 1. The summed E-state index contributed by atoms with van der Waals surface area (Å²) in [5.41, 5.74) is 3.58. The molecule has 3 heterocycles. The molecule has 6 nitrogen and oxygen atoms in total. The lowest BCUT2D eigenvalue weighted by atomic mass is 10.0. The summed E-state index contributed by atoms with van der Waals surface area (Å²) in [5.74, 6) is 1.36. The van der Waals surface area contributed by atoms with E-state index in [0.717, 1.165) is 55.8 Å². The van der Waals surface area contributed by atoms with E-state index in [1.165, 1.54) is 16.0 Å². The highest BCUT2D eigenvalue weighted by Crippen LogP contribution is 2.31. The van der Waals surface area contributed by atoms with Crippen LogP contribution in [0.4, 0.5) is 16.6 Å². The molecule has 2 aromatic heterocycles. The van der Waals surface area contributed by atoms with Crippen molar-refractivity contribution in [2.75, 3.05) is 56.7 Å². The molecule has 1 saturated heterocycles. The number of fused-ring (bicyclic) bond motifs is 1. The second-order valence-corrected chi connectivity index (χ2v) is 8.78. The van der Waals surface area contributed by atoms with Crippen LogP contribution >= 0.6 is 11.3 Å². The van der Waals surface area contributed by atoms with Crippen molar-refractivity contribution in [1.29, 1.82) is 0 Å². The Labute approximate surface area is 176 Å². The molecule has 29 heavy (non-hydrogen) atoms. The first-order valence-corrected chi connectivity index (χ1v) is 11.0. The number of hydrogen-bond donors (Lipinski definition) is 1. The summed E-state index contributed by atoms with van der Waals surface area (Å²) in [7, 11) is 1.76. The smallest absolute Gasteiger partial charge is 0.189 e. The van der Waals surface area contributed by atoms with Gasteiger partial charge in [0.05, 0.1) is 16.8 Å². The molecule has 7 heteroatoms. The molecule has 1 aliphatic heterocycles. The van der Waals surface area contributed by atoms with Crippen molar-refractivity contribution < 1.29 is 4.74 Å². The van der Waals surface area contributed by atoms with E-state index in [9.17, 15) is 0 Å². The van der Waals surface area contributed by atoms with Gasteiger partial charge in [-0.25, -0.2) is 9.97 Å². The van der Waals surface area contributed by atoms with E-state index < -0.39 is 0 Å². The molecule has 0 aliphatic carbocycles. The first kappa shape index (κ1) is 20.1. The van der Waals surface area contributed by atoms with E-state index >= 15 is 0 Å². The minimum Gasteiger partial charge on any atom is -0.383 e. The zero-order valence-electron chi connectivity index (χ0n) is 17.4. The highest BCUT2D eigenvalue weighted by Gasteiger charge is 2.17. The number of rotatable bonds is 7. The lowest BCUT2D eigenvalue weighted by molar-refractivity contribution is 0.144. The van der Waals surface area contributed by atoms with E-state index in [1.807, 2.05) is 6.20 Å². The molecular weight excluding hydrogens is 382 g/mol. The van der Waals surface area contributed by atoms with Crippen LogP contribution in [0.25, 0.3) is 10.2 Å². The number of nitrogens with zero attached hydrogens (tertiary/aromatic N) is 4. The molecule has 0 unspecified atom stereocenters. The summed E-state index contributed by atoms with van der Waals surface area (Å²) >= 11 is 1.68. The van der Waals surface area contributed by atoms with Crippen molar-refractivity contribution in [2.24, 2.45) is 0 Å². The summed E-state index contributed by atoms with van der Waals surface area (Å²) in [6.07, 6.45) is 1.87. The molecule has 154 valence electrons. The van der Waals surface area contributed by atoms with Crippen molar-refractivity contribution in [1.82, 2.24) is 14.9 Å². The van der Waals surface area contributed by atoms with Crippen LogP contribution in [-0.2, 0) is 4.74 Å². The Kier molecular flexibility index (Phi) is 6.28. The van der Waals surface area contributed by atoms with Gasteiger partial charge in [0, 0.05) is 57.8 Å². The van der Waals surface area contributed by atoms with Crippen LogP contribution in [0.1, 0.15) is 25.3 Å². The average molecular weight is 412 g/mol. The molecule has 0 amide bonds. The highest BCUT2D eigenvalue weighted by atomic mass is 32.1. The molecule has 0 spiro atoms. The lowest BCUT2D eigenvalue weighted by Crippen LogP contribution is -2.47. The second-order valence-electron chi connectivity index (χ2n) is 7.75. The minimum absolute atomic E-state index is 0.520. The normalized spacial score (nSPS) is 15.4. The number of thiazole rings is 1. The van der Waals surface area contributed by atoms with E-state index in [0.29, 0.717) is 5.92 Å². The van der Waals surface area contributed by atoms with Gasteiger partial charge in [0.25, 0.3) is 0 Å². The van der Waals surface area contributed by atoms with Crippen LogP contribution in [0.5, 0.6) is 0 Å². The van der Waals surface area contributed by atoms with Crippen molar-refractivity contribution in [3.8, 4) is 0 Å². The highest BCUT2D eigenvalue weighted by molar-refractivity contribution is 7.22. The van der Waals surface area contributed by atoms with Gasteiger partial charge in [-0.15, -0.1) is 0 Å². The standard InChI is InChI=1S/C22H29N5OS/c1-16(2)17-4-5-19-20(14-17)29-22(24-19)25-21-15-18(6-7-23-21)27-10-8-26(9-11-27)12-13-28-3/h4-7,14-16H,8-13H2,1-3H3,(H,23,24,25). The monoisotopic (exact) mass is 411 g/mol. The van der Waals surface area contributed by atoms with E-state index in [2.05, 4.69) is 64.3 Å². The van der Waals surface area contributed by atoms with Crippen LogP contribution in [-0.4, -0.2) is 61.3 Å². The van der Waals surface area contributed by atoms with Crippen LogP contribution < -0.4 is 10.2 Å². The fourth-order valence-corrected chi connectivity index (χ4v) is 4.52. The van der Waals surface area contributed by atoms with Crippen molar-refractivity contribution in [2.45, 2.75) is 19.8 Å². The summed E-state index contributed by atoms with van der Waals surface area (Å²) in [4.78, 5) is 14.1. The largest absolute Gasteiger partial charge is 0.383 e. The number of ether oxygens (including phenoxy) is 1. The van der Waals surface area contributed by atoms with Crippen molar-refractivity contribution in [3.05, 3.63) is 42.1 Å². The second kappa shape index (κ2) is 9.07. The maximum atomic E-state index is 5.19. The molecule has 4 rings (SSSR count). The van der Waals surface area contributed by atoms with Gasteiger partial charge in [0.15, 0.2) is 5.13 Å². The first-order valence-electron chi connectivity index (χ1n) is 10.2. The van der Waals surface area contributed by atoms with Gasteiger partial charge >= 0.3 is 0 Å². The number of pyridine rings is 1. The minimum atomic E-state index is 0.520. The average Bonchev–Trinajstić information content (AvgIpc) is 3.14. The third kappa shape index (κ3) is 4.86. The molecular formula is C22H29N5OS. The Hall–Kier alpha value is -2.22. The number of benzene rings is 1.